The zero-order valence-corrected chi connectivity index (χ0v) is 23.2. The molecule has 212 valence electrons. The van der Waals surface area contributed by atoms with Crippen molar-refractivity contribution in [2.75, 3.05) is 13.2 Å². The number of nitrogens with zero attached hydrogens (tertiary/aromatic N) is 1. The van der Waals surface area contributed by atoms with Crippen molar-refractivity contribution in [2.24, 2.45) is 5.92 Å². The molecule has 1 fully saturated rings. The lowest BCUT2D eigenvalue weighted by Gasteiger charge is -2.34. The van der Waals surface area contributed by atoms with E-state index < -0.39 is 17.8 Å². The maximum Gasteiger partial charge on any atom is 0.417 e. The van der Waals surface area contributed by atoms with Crippen molar-refractivity contribution in [3.8, 4) is 16.9 Å². The van der Waals surface area contributed by atoms with Crippen LogP contribution in [-0.4, -0.2) is 35.2 Å². The van der Waals surface area contributed by atoms with Crippen molar-refractivity contribution in [1.82, 2.24) is 4.90 Å². The highest BCUT2D eigenvalue weighted by Gasteiger charge is 2.35. The summed E-state index contributed by atoms with van der Waals surface area (Å²) in [6.07, 6.45) is 0.662. The van der Waals surface area contributed by atoms with Crippen LogP contribution in [0.4, 0.5) is 13.2 Å². The molecule has 0 bridgehead atoms. The SMILES string of the molecule is Cc1c(/C=C/c2cc(O)c(CN3CCCC[C@H]3C(=O)OCC(C)C)cc2C(F)(F)F)cccc1-c1ccccc1. The molecule has 4 rings (SSSR count). The Morgan fingerprint density at radius 2 is 1.77 bits per heavy atom. The van der Waals surface area contributed by atoms with Crippen molar-refractivity contribution in [2.45, 2.75) is 58.8 Å². The minimum absolute atomic E-state index is 0.0264. The second-order valence-corrected chi connectivity index (χ2v) is 10.8. The second-order valence-electron chi connectivity index (χ2n) is 10.8. The van der Waals surface area contributed by atoms with Gasteiger partial charge in [-0.25, -0.2) is 0 Å². The van der Waals surface area contributed by atoms with E-state index in [1.54, 1.807) is 6.08 Å². The van der Waals surface area contributed by atoms with E-state index in [4.69, 9.17) is 4.74 Å². The van der Waals surface area contributed by atoms with Crippen LogP contribution in [0.1, 0.15) is 60.9 Å². The van der Waals surface area contributed by atoms with E-state index in [0.29, 0.717) is 19.6 Å². The Hall–Kier alpha value is -3.58. The lowest BCUT2D eigenvalue weighted by atomic mass is 9.95. The summed E-state index contributed by atoms with van der Waals surface area (Å²) < 4.78 is 48.0. The first-order chi connectivity index (χ1) is 19.0. The van der Waals surface area contributed by atoms with Gasteiger partial charge in [0.1, 0.15) is 11.8 Å². The topological polar surface area (TPSA) is 49.8 Å². The lowest BCUT2D eigenvalue weighted by Crippen LogP contribution is -2.45. The maximum absolute atomic E-state index is 14.2. The summed E-state index contributed by atoms with van der Waals surface area (Å²) in [7, 11) is 0. The van der Waals surface area contributed by atoms with Gasteiger partial charge in [-0.2, -0.15) is 13.2 Å². The average Bonchev–Trinajstić information content (AvgIpc) is 2.92. The van der Waals surface area contributed by atoms with Crippen molar-refractivity contribution < 1.29 is 27.8 Å². The highest BCUT2D eigenvalue weighted by Crippen LogP contribution is 2.38. The smallest absolute Gasteiger partial charge is 0.417 e. The molecule has 1 aliphatic heterocycles. The molecule has 40 heavy (non-hydrogen) atoms. The Bertz CT molecular complexity index is 1350. The average molecular weight is 552 g/mol. The number of rotatable bonds is 8. The number of hydrogen-bond donors (Lipinski definition) is 1. The fourth-order valence-electron chi connectivity index (χ4n) is 5.11. The van der Waals surface area contributed by atoms with Gasteiger partial charge in [0.05, 0.1) is 12.2 Å². The van der Waals surface area contributed by atoms with Crippen LogP contribution >= 0.6 is 0 Å². The molecule has 3 aromatic rings. The predicted octanol–water partition coefficient (Wildman–Crippen LogP) is 8.11. The normalized spacial score (nSPS) is 16.5. The summed E-state index contributed by atoms with van der Waals surface area (Å²) in [6, 6.07) is 17.1. The molecule has 0 aromatic heterocycles. The molecule has 0 spiro atoms. The molecule has 1 N–H and O–H groups in total. The molecule has 1 atom stereocenters. The Morgan fingerprint density at radius 1 is 1.05 bits per heavy atom. The molecule has 0 amide bonds. The first-order valence-corrected chi connectivity index (χ1v) is 13.7. The number of hydrogen-bond acceptors (Lipinski definition) is 4. The van der Waals surface area contributed by atoms with Crippen LogP contribution in [0.15, 0.2) is 60.7 Å². The van der Waals surface area contributed by atoms with Gasteiger partial charge in [-0.3, -0.25) is 9.69 Å². The summed E-state index contributed by atoms with van der Waals surface area (Å²) in [6.45, 7) is 6.69. The summed E-state index contributed by atoms with van der Waals surface area (Å²) in [5, 5.41) is 10.8. The third kappa shape index (κ3) is 7.13. The number of carbonyl (C=O) groups excluding carboxylic acids is 1. The van der Waals surface area contributed by atoms with Crippen molar-refractivity contribution >= 4 is 18.1 Å². The van der Waals surface area contributed by atoms with E-state index in [-0.39, 0.29) is 35.3 Å². The Labute approximate surface area is 234 Å². The van der Waals surface area contributed by atoms with Gasteiger partial charge < -0.3 is 9.84 Å². The number of phenolic OH excluding ortho intramolecular Hbond substituents is 1. The van der Waals surface area contributed by atoms with Crippen molar-refractivity contribution in [1.29, 1.82) is 0 Å². The first kappa shape index (κ1) is 29.4. The highest BCUT2D eigenvalue weighted by molar-refractivity contribution is 5.79. The Balaban J connectivity index is 1.62. The second kappa shape index (κ2) is 12.7. The third-order valence-corrected chi connectivity index (χ3v) is 7.28. The van der Waals surface area contributed by atoms with E-state index in [1.807, 2.05) is 74.2 Å². The fraction of sp³-hybridized carbons (Fsp3) is 0.364. The molecule has 3 aromatic carbocycles. The zero-order chi connectivity index (χ0) is 28.9. The van der Waals surface area contributed by atoms with Crippen LogP contribution in [-0.2, 0) is 22.3 Å². The van der Waals surface area contributed by atoms with Gasteiger partial charge in [-0.15, -0.1) is 0 Å². The van der Waals surface area contributed by atoms with Crippen molar-refractivity contribution in [3.63, 3.8) is 0 Å². The van der Waals surface area contributed by atoms with Crippen LogP contribution in [0.3, 0.4) is 0 Å². The van der Waals surface area contributed by atoms with Crippen LogP contribution in [0.25, 0.3) is 23.3 Å². The number of piperidine rings is 1. The van der Waals surface area contributed by atoms with Gasteiger partial charge in [0.25, 0.3) is 0 Å². The number of ether oxygens (including phenoxy) is 1. The number of esters is 1. The number of likely N-dealkylation sites (tertiary alicyclic amines) is 1. The summed E-state index contributed by atoms with van der Waals surface area (Å²) in [5.74, 6) is -0.413. The maximum atomic E-state index is 14.2. The van der Waals surface area contributed by atoms with E-state index in [1.165, 1.54) is 12.1 Å². The van der Waals surface area contributed by atoms with Gasteiger partial charge in [0, 0.05) is 12.1 Å². The van der Waals surface area contributed by atoms with Crippen molar-refractivity contribution in [3.05, 3.63) is 88.5 Å². The molecular weight excluding hydrogens is 515 g/mol. The number of alkyl halides is 3. The van der Waals surface area contributed by atoms with Crippen LogP contribution in [0, 0.1) is 12.8 Å². The molecule has 1 saturated heterocycles. The van der Waals surface area contributed by atoms with Gasteiger partial charge in [-0.1, -0.05) is 81.0 Å². The molecule has 1 heterocycles. The minimum Gasteiger partial charge on any atom is -0.508 e. The molecule has 1 aliphatic rings. The fourth-order valence-corrected chi connectivity index (χ4v) is 5.11. The van der Waals surface area contributed by atoms with E-state index in [0.717, 1.165) is 41.2 Å². The van der Waals surface area contributed by atoms with Gasteiger partial charge in [0.2, 0.25) is 0 Å². The van der Waals surface area contributed by atoms with Crippen LogP contribution in [0.2, 0.25) is 0 Å². The van der Waals surface area contributed by atoms with Gasteiger partial charge in [0.15, 0.2) is 0 Å². The van der Waals surface area contributed by atoms with Crippen LogP contribution in [0.5, 0.6) is 5.75 Å². The number of carbonyl (C=O) groups is 1. The lowest BCUT2D eigenvalue weighted by molar-refractivity contribution is -0.153. The molecule has 7 heteroatoms. The molecule has 0 unspecified atom stereocenters. The minimum atomic E-state index is -4.62. The predicted molar refractivity (Wildman–Crippen MR) is 152 cm³/mol. The molecule has 0 aliphatic carbocycles. The highest BCUT2D eigenvalue weighted by atomic mass is 19.4. The monoisotopic (exact) mass is 551 g/mol. The van der Waals surface area contributed by atoms with Crippen LogP contribution < -0.4 is 0 Å². The van der Waals surface area contributed by atoms with E-state index in [2.05, 4.69) is 0 Å². The first-order valence-electron chi connectivity index (χ1n) is 13.7. The Kier molecular flexibility index (Phi) is 9.36. The zero-order valence-electron chi connectivity index (χ0n) is 23.2. The number of aromatic hydroxyl groups is 1. The molecular formula is C33H36F3NO3. The standard InChI is InChI=1S/C33H36F3NO3/c1-22(2)21-40-32(39)30-14-7-8-17-37(30)20-27-18-29(33(34,35)36)26(19-31(27)38)16-15-24-12-9-13-28(23(24)3)25-10-5-4-6-11-25/h4-6,9-13,15-16,18-19,22,30,38H,7-8,14,17,20-21H2,1-3H3/b16-15+/t30-/m0/s1. The number of benzene rings is 3. The largest absolute Gasteiger partial charge is 0.508 e. The summed E-state index contributed by atoms with van der Waals surface area (Å²) in [4.78, 5) is 14.5. The number of halogens is 3. The van der Waals surface area contributed by atoms with E-state index in [9.17, 15) is 23.1 Å². The summed E-state index contributed by atoms with van der Waals surface area (Å²) in [5.41, 5.74) is 2.94. The molecule has 0 radical (unpaired) electrons. The molecule has 0 saturated carbocycles. The quantitative estimate of drug-likeness (QED) is 0.227. The molecule has 4 nitrogen and oxygen atoms in total. The Morgan fingerprint density at radius 3 is 2.48 bits per heavy atom. The summed E-state index contributed by atoms with van der Waals surface area (Å²) >= 11 is 0. The van der Waals surface area contributed by atoms with E-state index >= 15 is 0 Å². The van der Waals surface area contributed by atoms with Gasteiger partial charge >= 0.3 is 12.1 Å². The van der Waals surface area contributed by atoms with Gasteiger partial charge in [-0.05, 0) is 72.2 Å². The third-order valence-electron chi connectivity index (χ3n) is 7.28. The number of phenols is 1.